The summed E-state index contributed by atoms with van der Waals surface area (Å²) in [7, 11) is -1.79. The monoisotopic (exact) mass is 1650 g/mol. The Morgan fingerprint density at radius 1 is 0.418 bits per heavy atom. The van der Waals surface area contributed by atoms with Gasteiger partial charge < -0.3 is 14.2 Å². The molecule has 12 saturated heterocycles. The van der Waals surface area contributed by atoms with E-state index in [1.807, 2.05) is 0 Å². The number of hydrogen-bond donors (Lipinski definition) is 0. The molecule has 12 heterocycles. The van der Waals surface area contributed by atoms with Crippen LogP contribution in [0.25, 0.3) is 0 Å². The predicted molar refractivity (Wildman–Crippen MR) is 473 cm³/mol. The van der Waals surface area contributed by atoms with Gasteiger partial charge >= 0.3 is 5.97 Å². The van der Waals surface area contributed by atoms with Crippen molar-refractivity contribution in [2.24, 2.45) is 4.40 Å². The zero-order chi connectivity index (χ0) is 78.7. The van der Waals surface area contributed by atoms with Crippen LogP contribution in [0.4, 0.5) is 0 Å². The number of carbonyl (C=O) groups is 3. The zero-order valence-electron chi connectivity index (χ0n) is 69.2. The fourth-order valence-electron chi connectivity index (χ4n) is 19.1. The summed E-state index contributed by atoms with van der Waals surface area (Å²) in [6.45, 7) is 38.2. The lowest BCUT2D eigenvalue weighted by atomic mass is 9.87. The van der Waals surface area contributed by atoms with Gasteiger partial charge in [-0.25, -0.2) is 8.42 Å². The molecule has 10 bridgehead atoms. The van der Waals surface area contributed by atoms with Crippen LogP contribution in [0.5, 0.6) is 0 Å². The number of fused-ring (bicyclic) bond motifs is 10. The first-order chi connectivity index (χ1) is 51.8. The molecule has 0 radical (unpaired) electrons. The van der Waals surface area contributed by atoms with Crippen molar-refractivity contribution < 1.29 is 37.0 Å². The molecule has 12 atom stereocenters. The molecule has 2 amide bonds. The van der Waals surface area contributed by atoms with Gasteiger partial charge in [-0.3, -0.25) is 19.3 Å². The van der Waals surface area contributed by atoms with Gasteiger partial charge in [0.05, 0.1) is 42.9 Å². The lowest BCUT2D eigenvalue weighted by molar-refractivity contribution is -0.166. The number of esters is 1. The van der Waals surface area contributed by atoms with Crippen molar-refractivity contribution in [3.63, 3.8) is 0 Å². The first kappa shape index (κ1) is 84.6. The molecule has 2 spiro atoms. The van der Waals surface area contributed by atoms with Crippen LogP contribution in [0, 0.1) is 0 Å². The van der Waals surface area contributed by atoms with E-state index in [9.17, 15) is 22.8 Å². The number of thioether (sulfide) groups is 2. The molecule has 0 saturated carbocycles. The summed E-state index contributed by atoms with van der Waals surface area (Å²) in [6.07, 6.45) is 21.9. The predicted octanol–water partition coefficient (Wildman–Crippen LogP) is 19.9. The van der Waals surface area contributed by atoms with Crippen molar-refractivity contribution in [1.29, 1.82) is 0 Å². The summed E-state index contributed by atoms with van der Waals surface area (Å²) < 4.78 is 44.8. The van der Waals surface area contributed by atoms with Crippen LogP contribution in [-0.2, 0) is 120 Å². The number of rotatable bonds is 6. The molecule has 18 heteroatoms. The molecule has 12 unspecified atom stereocenters. The second-order valence-corrected chi connectivity index (χ2v) is 55.9. The summed E-state index contributed by atoms with van der Waals surface area (Å²) in [4.78, 5) is 44.6. The maximum Gasteiger partial charge on any atom is 0.311 e. The highest BCUT2D eigenvalue weighted by Gasteiger charge is 2.62. The number of likely N-dealkylation sites (tertiary alicyclic amines) is 1. The number of imide groups is 1. The third kappa shape index (κ3) is 19.9. The summed E-state index contributed by atoms with van der Waals surface area (Å²) in [6, 6.07) is 46.4. The van der Waals surface area contributed by atoms with Crippen molar-refractivity contribution in [1.82, 2.24) is 4.90 Å². The first-order valence-electron chi connectivity index (χ1n) is 41.2. The average molecular weight is 1650 g/mol. The molecular formula is C92H129N2O8S8+5. The maximum atomic E-state index is 12.3. The molecule has 10 nitrogen and oxygen atoms in total. The topological polar surface area (TPSA) is 129 Å². The van der Waals surface area contributed by atoms with E-state index in [2.05, 4.69) is 253 Å². The number of sulfonamides is 1. The Morgan fingerprint density at radius 2 is 0.709 bits per heavy atom. The van der Waals surface area contributed by atoms with Crippen LogP contribution < -0.4 is 0 Å². The molecule has 5 aromatic carbocycles. The lowest BCUT2D eigenvalue weighted by Gasteiger charge is -2.35. The summed E-state index contributed by atoms with van der Waals surface area (Å²) in [5.41, 5.74) is 8.94. The maximum absolute atomic E-state index is 12.3. The van der Waals surface area contributed by atoms with Gasteiger partial charge in [0.15, 0.2) is 35.5 Å². The highest BCUT2D eigenvalue weighted by atomic mass is 32.2. The molecular weight excluding hydrogens is 1520 g/mol. The van der Waals surface area contributed by atoms with Crippen LogP contribution in [0.3, 0.4) is 0 Å². The third-order valence-corrected chi connectivity index (χ3v) is 44.2. The number of cyclic esters (lactones) is 1. The second kappa shape index (κ2) is 34.0. The highest BCUT2D eigenvalue weighted by molar-refractivity contribution is 8.21. The van der Waals surface area contributed by atoms with Crippen LogP contribution >= 0.6 is 23.5 Å². The zero-order valence-corrected chi connectivity index (χ0v) is 75.7. The minimum absolute atomic E-state index is 0.000937. The van der Waals surface area contributed by atoms with Crippen LogP contribution in [0.2, 0.25) is 0 Å². The van der Waals surface area contributed by atoms with E-state index in [-0.39, 0.29) is 83.3 Å². The molecule has 0 aromatic heterocycles. The molecule has 0 aliphatic carbocycles. The SMILES string of the molecule is CC(=O)N1CC2CCC(CC1=O)[S+]2c1ccc(C(C)(C)C)cc1.CC(C)(C)c1ccc([S+]2C3CCC2CC(=NS(C)(=O)=O)C3)cc1.CC(C)(C)c1ccc([S+]2C3CCC2CC(=O)OC3)cc1.CC(C)(C)c1ccc([S+]2C3CCC2CC2(C3)OCCO2)cc1.CC(C)(C)c1ccc([S+]2C3CCC2CC2(C3)SCCS2)cc1. The van der Waals surface area contributed by atoms with Crippen LogP contribution in [0.1, 0.15) is 254 Å². The van der Waals surface area contributed by atoms with Crippen LogP contribution in [0.15, 0.2) is 150 Å². The average Bonchev–Trinajstić information content (AvgIpc) is 1.62. The Kier molecular flexibility index (Phi) is 26.1. The fourth-order valence-corrected chi connectivity index (χ4v) is 40.1. The summed E-state index contributed by atoms with van der Waals surface area (Å²) >= 11 is 4.57. The van der Waals surface area contributed by atoms with Crippen molar-refractivity contribution in [3.05, 3.63) is 149 Å². The number of carbonyl (C=O) groups excluding carboxylic acids is 3. The molecule has 598 valence electrons. The minimum Gasteiger partial charge on any atom is -0.460 e. The summed E-state index contributed by atoms with van der Waals surface area (Å²) in [5, 5.41) is 6.53. The molecule has 5 aromatic rings. The van der Waals surface area contributed by atoms with Crippen molar-refractivity contribution in [2.45, 2.75) is 340 Å². The van der Waals surface area contributed by atoms with E-state index in [4.69, 9.17) is 14.2 Å². The van der Waals surface area contributed by atoms with E-state index in [0.717, 1.165) is 78.5 Å². The fraction of sp³-hybridized carbons (Fsp3) is 0.630. The number of nitrogens with zero attached hydrogens (tertiary/aromatic N) is 2. The second-order valence-electron chi connectivity index (χ2n) is 38.3. The largest absolute Gasteiger partial charge is 0.460 e. The number of hydrogen-bond acceptors (Lipinski definition) is 10. The molecule has 12 fully saturated rings. The van der Waals surface area contributed by atoms with Gasteiger partial charge in [0, 0.05) is 181 Å². The van der Waals surface area contributed by atoms with Gasteiger partial charge in [-0.05, 0) is 116 Å². The Balaban J connectivity index is 0.000000121. The standard InChI is InChI=1S/C19H26NO2S.C19H27O2S.C19H27S3.C18H26NO2S2.C17H23O2S/c1-13(21)20-12-17-10-9-16(11-18(20)22)23(17)15-7-5-14(6-8-15)19(2,3)4;2*1-18(2,3)14-4-6-15(7-5-14)22-16-8-9-17(22)13-19(12-16)20-10-11-21-19;1-18(2,3)13-5-7-15(8-6-13)22-16-9-10-17(22)12-14(11-16)19-23(4,20)21;1-17(2,3)12-4-6-13(7-5-12)20-14-8-9-15(20)11-19-16(18)10-14/h5-8,16-17H,9-12H2,1-4H3;2*4-7,16-17H,8-13H2,1-3H3;5-8,16-17H,9-12H2,1-4H3;4-7,14-15H,8-11H2,1-3H3/q5*+1. The van der Waals surface area contributed by atoms with Crippen molar-refractivity contribution in [2.75, 3.05) is 44.1 Å². The smallest absolute Gasteiger partial charge is 0.311 e. The lowest BCUT2D eigenvalue weighted by Crippen LogP contribution is -2.45. The normalized spacial score (nSPS) is 30.5. The van der Waals surface area contributed by atoms with E-state index in [0.29, 0.717) is 83.4 Å². The Labute approximate surface area is 685 Å². The van der Waals surface area contributed by atoms with Gasteiger partial charge in [-0.1, -0.05) is 165 Å². The van der Waals surface area contributed by atoms with Crippen LogP contribution in [-0.4, -0.2) is 143 Å². The molecule has 0 N–H and O–H groups in total. The van der Waals surface area contributed by atoms with Crippen molar-refractivity contribution in [3.8, 4) is 0 Å². The van der Waals surface area contributed by atoms with Gasteiger partial charge in [0.1, 0.15) is 53.9 Å². The Bertz CT molecular complexity index is 4010. The van der Waals surface area contributed by atoms with Crippen molar-refractivity contribution >= 4 is 112 Å². The summed E-state index contributed by atoms with van der Waals surface area (Å²) in [5.74, 6) is 2.47. The number of benzene rings is 5. The molecule has 12 aliphatic rings. The third-order valence-electron chi connectivity index (χ3n) is 24.9. The number of amides is 2. The van der Waals surface area contributed by atoms with Gasteiger partial charge in [-0.2, -0.15) is 4.40 Å². The van der Waals surface area contributed by atoms with Gasteiger partial charge in [0.25, 0.3) is 0 Å². The number of ether oxygens (including phenoxy) is 3. The van der Waals surface area contributed by atoms with Gasteiger partial charge in [0.2, 0.25) is 21.8 Å². The highest BCUT2D eigenvalue weighted by Crippen LogP contribution is 2.60. The molecule has 17 rings (SSSR count). The Hall–Kier alpha value is -3.30. The first-order valence-corrected chi connectivity index (χ1v) is 51.8. The van der Waals surface area contributed by atoms with E-state index in [1.54, 1.807) is 9.79 Å². The molecule has 110 heavy (non-hydrogen) atoms. The van der Waals surface area contributed by atoms with E-state index in [1.165, 1.54) is 136 Å². The Morgan fingerprint density at radius 3 is 1.05 bits per heavy atom. The minimum atomic E-state index is -3.26. The molecule has 12 aliphatic heterocycles. The van der Waals surface area contributed by atoms with Gasteiger partial charge in [-0.15, -0.1) is 23.5 Å². The van der Waals surface area contributed by atoms with E-state index >= 15 is 0 Å². The quantitative estimate of drug-likeness (QED) is 0.120. The van der Waals surface area contributed by atoms with E-state index < -0.39 is 10.0 Å².